The summed E-state index contributed by atoms with van der Waals surface area (Å²) in [6.07, 6.45) is 3.07. The maximum Gasteiger partial charge on any atom is 0.340 e. The largest absolute Gasteiger partial charge is 0.457 e. The number of nitrogens with zero attached hydrogens (tertiary/aromatic N) is 3. The molecule has 4 aromatic rings. The molecule has 8 heteroatoms. The molecule has 2 heterocycles. The third-order valence-electron chi connectivity index (χ3n) is 4.59. The molecule has 2 aromatic heterocycles. The second kappa shape index (κ2) is 9.30. The molecule has 0 saturated carbocycles. The molecule has 1 amide bonds. The fraction of sp³-hybridized carbons (Fsp3) is 0.167. The lowest BCUT2D eigenvalue weighted by molar-refractivity contribution is -0.119. The van der Waals surface area contributed by atoms with Crippen LogP contribution in [-0.4, -0.2) is 33.2 Å². The molecular weight excluding hydrogens is 408 g/mol. The molecule has 0 radical (unpaired) electrons. The number of benzene rings is 2. The van der Waals surface area contributed by atoms with Crippen molar-refractivity contribution in [2.75, 3.05) is 11.9 Å². The Labute approximate surface area is 184 Å². The fourth-order valence-corrected chi connectivity index (χ4v) is 3.10. The molecule has 0 bridgehead atoms. The average Bonchev–Trinajstić information content (AvgIpc) is 3.22. The predicted molar refractivity (Wildman–Crippen MR) is 120 cm³/mol. The number of pyridine rings is 1. The van der Waals surface area contributed by atoms with E-state index in [1.165, 1.54) is 6.20 Å². The molecule has 0 unspecified atom stereocenters. The van der Waals surface area contributed by atoms with Crippen LogP contribution in [0.1, 0.15) is 30.2 Å². The van der Waals surface area contributed by atoms with Gasteiger partial charge < -0.3 is 14.8 Å². The topological polar surface area (TPSA) is 95.3 Å². The zero-order valence-corrected chi connectivity index (χ0v) is 17.7. The van der Waals surface area contributed by atoms with Crippen molar-refractivity contribution in [3.05, 3.63) is 78.6 Å². The number of carbonyl (C=O) groups is 2. The molecule has 0 aliphatic carbocycles. The van der Waals surface area contributed by atoms with Crippen molar-refractivity contribution < 1.29 is 19.1 Å². The Morgan fingerprint density at radius 1 is 1.00 bits per heavy atom. The molecule has 0 aliphatic heterocycles. The number of rotatable bonds is 7. The van der Waals surface area contributed by atoms with Crippen LogP contribution in [-0.2, 0) is 9.53 Å². The van der Waals surface area contributed by atoms with Crippen molar-refractivity contribution in [1.29, 1.82) is 0 Å². The summed E-state index contributed by atoms with van der Waals surface area (Å²) in [5.74, 6) is 0.173. The summed E-state index contributed by atoms with van der Waals surface area (Å²) in [6, 6.07) is 18.1. The van der Waals surface area contributed by atoms with Crippen LogP contribution in [0.15, 0.2) is 73.1 Å². The third-order valence-corrected chi connectivity index (χ3v) is 4.59. The summed E-state index contributed by atoms with van der Waals surface area (Å²) in [4.78, 5) is 28.9. The summed E-state index contributed by atoms with van der Waals surface area (Å²) in [5.41, 5.74) is 1.47. The van der Waals surface area contributed by atoms with Gasteiger partial charge in [-0.2, -0.15) is 5.10 Å². The van der Waals surface area contributed by atoms with Crippen molar-refractivity contribution in [1.82, 2.24) is 14.8 Å². The van der Waals surface area contributed by atoms with Crippen molar-refractivity contribution in [3.8, 4) is 11.5 Å². The molecule has 0 aliphatic rings. The summed E-state index contributed by atoms with van der Waals surface area (Å²) in [7, 11) is 0. The van der Waals surface area contributed by atoms with Gasteiger partial charge in [0.2, 0.25) is 0 Å². The van der Waals surface area contributed by atoms with E-state index in [-0.39, 0.29) is 11.6 Å². The molecular formula is C24H22N4O4. The Bertz CT molecular complexity index is 1250. The molecule has 162 valence electrons. The van der Waals surface area contributed by atoms with Crippen LogP contribution < -0.4 is 10.1 Å². The number of esters is 1. The van der Waals surface area contributed by atoms with E-state index in [1.54, 1.807) is 41.2 Å². The highest BCUT2D eigenvalue weighted by atomic mass is 16.5. The molecule has 0 spiro atoms. The zero-order valence-electron chi connectivity index (χ0n) is 17.7. The molecule has 4 rings (SSSR count). The lowest BCUT2D eigenvalue weighted by Crippen LogP contribution is -2.21. The molecule has 1 N–H and O–H groups in total. The number of hydrogen-bond acceptors (Lipinski definition) is 6. The van der Waals surface area contributed by atoms with E-state index in [2.05, 4.69) is 15.4 Å². The van der Waals surface area contributed by atoms with Crippen molar-refractivity contribution in [2.24, 2.45) is 0 Å². The molecule has 2 aromatic carbocycles. The molecule has 0 fully saturated rings. The normalized spacial score (nSPS) is 10.8. The number of ether oxygens (including phenoxy) is 2. The quantitative estimate of drug-likeness (QED) is 0.431. The Morgan fingerprint density at radius 2 is 1.78 bits per heavy atom. The van der Waals surface area contributed by atoms with E-state index in [4.69, 9.17) is 9.47 Å². The molecule has 32 heavy (non-hydrogen) atoms. The molecule has 8 nitrogen and oxygen atoms in total. The second-order valence-corrected chi connectivity index (χ2v) is 7.39. The van der Waals surface area contributed by atoms with Gasteiger partial charge >= 0.3 is 5.97 Å². The summed E-state index contributed by atoms with van der Waals surface area (Å²) in [5, 5.41) is 7.70. The Hall–Kier alpha value is -4.20. The van der Waals surface area contributed by atoms with Crippen LogP contribution in [0.3, 0.4) is 0 Å². The number of hydrogen-bond donors (Lipinski definition) is 1. The van der Waals surface area contributed by atoms with Crippen LogP contribution in [0.4, 0.5) is 5.69 Å². The van der Waals surface area contributed by atoms with E-state index in [1.807, 2.05) is 44.2 Å². The lowest BCUT2D eigenvalue weighted by Gasteiger charge is -2.09. The van der Waals surface area contributed by atoms with E-state index in [0.717, 1.165) is 5.39 Å². The van der Waals surface area contributed by atoms with E-state index >= 15 is 0 Å². The fourth-order valence-electron chi connectivity index (χ4n) is 3.10. The standard InChI is InChI=1S/C24H22N4O4/c1-16(2)28-23-17(14-26-28)11-18(13-25-23)24(30)31-15-22(29)27-19-7-6-10-21(12-19)32-20-8-4-3-5-9-20/h3-14,16H,15H2,1-2H3,(H,27,29). The smallest absolute Gasteiger partial charge is 0.340 e. The second-order valence-electron chi connectivity index (χ2n) is 7.39. The predicted octanol–water partition coefficient (Wildman–Crippen LogP) is 4.60. The van der Waals surface area contributed by atoms with Gasteiger partial charge in [0.15, 0.2) is 12.3 Å². The number of aromatic nitrogens is 3. The maximum absolute atomic E-state index is 12.4. The number of para-hydroxylation sites is 1. The van der Waals surface area contributed by atoms with Crippen molar-refractivity contribution in [3.63, 3.8) is 0 Å². The van der Waals surface area contributed by atoms with Crippen LogP contribution in [0.5, 0.6) is 11.5 Å². The zero-order chi connectivity index (χ0) is 22.5. The van der Waals surface area contributed by atoms with Gasteiger partial charge in [0.05, 0.1) is 11.8 Å². The van der Waals surface area contributed by atoms with Gasteiger partial charge in [-0.15, -0.1) is 0 Å². The van der Waals surface area contributed by atoms with Gasteiger partial charge in [-0.3, -0.25) is 4.79 Å². The first-order valence-corrected chi connectivity index (χ1v) is 10.1. The van der Waals surface area contributed by atoms with Crippen LogP contribution in [0, 0.1) is 0 Å². The van der Waals surface area contributed by atoms with Gasteiger partial charge in [-0.25, -0.2) is 14.5 Å². The first-order chi connectivity index (χ1) is 15.5. The summed E-state index contributed by atoms with van der Waals surface area (Å²) >= 11 is 0. The monoisotopic (exact) mass is 430 g/mol. The minimum absolute atomic E-state index is 0.151. The first kappa shape index (κ1) is 21.0. The number of fused-ring (bicyclic) bond motifs is 1. The van der Waals surface area contributed by atoms with Gasteiger partial charge in [-0.1, -0.05) is 24.3 Å². The third kappa shape index (κ3) is 4.92. The van der Waals surface area contributed by atoms with Crippen LogP contribution in [0.2, 0.25) is 0 Å². The highest BCUT2D eigenvalue weighted by molar-refractivity contribution is 5.96. The lowest BCUT2D eigenvalue weighted by atomic mass is 10.2. The number of amides is 1. The Morgan fingerprint density at radius 3 is 2.56 bits per heavy atom. The van der Waals surface area contributed by atoms with Crippen molar-refractivity contribution in [2.45, 2.75) is 19.9 Å². The van der Waals surface area contributed by atoms with Gasteiger partial charge in [0.25, 0.3) is 5.91 Å². The SMILES string of the molecule is CC(C)n1ncc2cc(C(=O)OCC(=O)Nc3cccc(Oc4ccccc4)c3)cnc21. The highest BCUT2D eigenvalue weighted by Crippen LogP contribution is 2.24. The first-order valence-electron chi connectivity index (χ1n) is 10.1. The average molecular weight is 430 g/mol. The maximum atomic E-state index is 12.4. The number of carbonyl (C=O) groups excluding carboxylic acids is 2. The van der Waals surface area contributed by atoms with E-state index in [0.29, 0.717) is 22.8 Å². The molecule has 0 saturated heterocycles. The number of anilines is 1. The van der Waals surface area contributed by atoms with Crippen LogP contribution >= 0.6 is 0 Å². The Balaban J connectivity index is 1.34. The summed E-state index contributed by atoms with van der Waals surface area (Å²) < 4.78 is 12.7. The van der Waals surface area contributed by atoms with Crippen molar-refractivity contribution >= 4 is 28.6 Å². The van der Waals surface area contributed by atoms with E-state index in [9.17, 15) is 9.59 Å². The van der Waals surface area contributed by atoms with Gasteiger partial charge in [-0.05, 0) is 44.2 Å². The highest BCUT2D eigenvalue weighted by Gasteiger charge is 2.14. The minimum atomic E-state index is -0.631. The van der Waals surface area contributed by atoms with Gasteiger partial charge in [0.1, 0.15) is 11.5 Å². The number of nitrogens with one attached hydrogen (secondary N) is 1. The van der Waals surface area contributed by atoms with E-state index < -0.39 is 18.5 Å². The summed E-state index contributed by atoms with van der Waals surface area (Å²) in [6.45, 7) is 3.57. The molecule has 0 atom stereocenters. The van der Waals surface area contributed by atoms with Gasteiger partial charge in [0, 0.05) is 29.4 Å². The minimum Gasteiger partial charge on any atom is -0.457 e. The van der Waals surface area contributed by atoms with Crippen LogP contribution in [0.25, 0.3) is 11.0 Å². The Kier molecular flexibility index (Phi) is 6.12.